The standard InChI is InChI=1S/C59H96O29/c1-54(2)16-23-22-8-9-29-56(4)12-11-30(83-53-45(38(72)37(71)43(85-53)48(77)78)87-52-44(36(70)33(67)27(19-62)82-52)86-51-40(74)35(69)32(66)26(18-61)81-51)57(5,21-63)28(56)10-13-59(29,7)58(22,6)15-14-55(23,3)47(46(54)76)88-49-41(75)42(24(64)20-79-49)84-50-39(73)34(68)31(65)25(17-60)80-50/h8,23-47,49-53,60-76H,9-21H2,1-7H3,(H,77,78)/t23-,24-,25+,26+,27+,28+,29+,30-,31+,32+,33+,34-,35-,36-,37-,38-,39+,40+,41+,42-,43-,44+,45+,46-,47+,49-,50-,51-,52-,53+,55+,56-,57+,58+,59+/m0/s1. The summed E-state index contributed by atoms with van der Waals surface area (Å²) in [5.74, 6) is -2.05. The molecule has 5 heterocycles. The van der Waals surface area contributed by atoms with Crippen LogP contribution in [0.25, 0.3) is 0 Å². The molecule has 0 aromatic rings. The molecule has 0 bridgehead atoms. The van der Waals surface area contributed by atoms with E-state index in [1.807, 2.05) is 20.8 Å². The molecule has 0 amide bonds. The molecule has 4 saturated carbocycles. The summed E-state index contributed by atoms with van der Waals surface area (Å²) in [5.41, 5.74) is -2.58. The summed E-state index contributed by atoms with van der Waals surface area (Å²) in [5, 5.41) is 196. The number of rotatable bonds is 15. The van der Waals surface area contributed by atoms with Crippen LogP contribution in [0.1, 0.15) is 99.8 Å². The second kappa shape index (κ2) is 25.4. The van der Waals surface area contributed by atoms with Crippen LogP contribution in [0.15, 0.2) is 11.6 Å². The first-order chi connectivity index (χ1) is 41.2. The molecule has 0 unspecified atom stereocenters. The Bertz CT molecular complexity index is 2460. The predicted octanol–water partition coefficient (Wildman–Crippen LogP) is -5.06. The van der Waals surface area contributed by atoms with Crippen LogP contribution in [0.4, 0.5) is 0 Å². The average molecular weight is 1270 g/mol. The lowest BCUT2D eigenvalue weighted by atomic mass is 9.33. The molecular weight excluding hydrogens is 1170 g/mol. The minimum atomic E-state index is -2.17. The van der Waals surface area contributed by atoms with Gasteiger partial charge in [0.1, 0.15) is 110 Å². The molecule has 0 aromatic heterocycles. The molecule has 18 N–H and O–H groups in total. The normalized spacial score (nSPS) is 55.5. The Kier molecular flexibility index (Phi) is 19.9. The molecule has 10 rings (SSSR count). The van der Waals surface area contributed by atoms with Gasteiger partial charge in [0.05, 0.1) is 51.3 Å². The summed E-state index contributed by atoms with van der Waals surface area (Å²) < 4.78 is 60.2. The van der Waals surface area contributed by atoms with Crippen molar-refractivity contribution < 1.29 is 144 Å². The number of carboxylic acid groups (broad SMARTS) is 1. The van der Waals surface area contributed by atoms with Crippen LogP contribution >= 0.6 is 0 Å². The molecule has 0 spiro atoms. The van der Waals surface area contributed by atoms with Gasteiger partial charge in [-0.1, -0.05) is 60.1 Å². The molecule has 10 aliphatic rings. The van der Waals surface area contributed by atoms with Gasteiger partial charge in [-0.15, -0.1) is 0 Å². The fraction of sp³-hybridized carbons (Fsp3) is 0.949. The van der Waals surface area contributed by atoms with E-state index in [-0.39, 0.29) is 36.2 Å². The SMILES string of the molecule is CC1(C)C[C@H]2C3=CC[C@@H]4[C@@]5(C)CC[C@H](O[C@@H]6O[C@H](C(=O)O)[C@@H](O)[C@H](O)[C@H]6O[C@@H]6O[C@H](CO)[C@@H](O)[C@H](O)[C@H]6O[C@@H]6O[C@H](CO)[C@@H](O)[C@H](O)[C@H]6O)[C@](C)(CO)[C@@H]5CC[C@@]4(C)[C@]3(C)CC[C@@]2(C)[C@H](O[C@@H]2OC[C@H](O)[C@H](O[C@@H]3O[C@H](CO)[C@@H](O)[C@H](O)[C@H]3O)[C@H]2O)[C@@H]1O. The van der Waals surface area contributed by atoms with Crippen LogP contribution < -0.4 is 0 Å². The summed E-state index contributed by atoms with van der Waals surface area (Å²) >= 11 is 0. The van der Waals surface area contributed by atoms with Gasteiger partial charge in [-0.3, -0.25) is 0 Å². The van der Waals surface area contributed by atoms with Gasteiger partial charge in [0.25, 0.3) is 0 Å². The Morgan fingerprint density at radius 3 is 1.60 bits per heavy atom. The van der Waals surface area contributed by atoms with Crippen LogP contribution in [-0.4, -0.2) is 297 Å². The number of hydrogen-bond acceptors (Lipinski definition) is 28. The lowest BCUT2D eigenvalue weighted by molar-refractivity contribution is -0.397. The number of aliphatic hydroxyl groups excluding tert-OH is 17. The highest BCUT2D eigenvalue weighted by Crippen LogP contribution is 2.76. The van der Waals surface area contributed by atoms with Gasteiger partial charge < -0.3 is 139 Å². The topological polar surface area (TPSA) is 474 Å². The summed E-state index contributed by atoms with van der Waals surface area (Å²) in [7, 11) is 0. The number of aliphatic hydroxyl groups is 17. The highest BCUT2D eigenvalue weighted by Gasteiger charge is 2.71. The van der Waals surface area contributed by atoms with Crippen molar-refractivity contribution in [3.8, 4) is 0 Å². The minimum absolute atomic E-state index is 0.0245. The molecule has 5 aliphatic carbocycles. The molecule has 29 nitrogen and oxygen atoms in total. The van der Waals surface area contributed by atoms with Gasteiger partial charge in [-0.05, 0) is 90.8 Å². The van der Waals surface area contributed by atoms with Crippen molar-refractivity contribution in [2.45, 2.75) is 266 Å². The maximum Gasteiger partial charge on any atom is 0.335 e. The Balaban J connectivity index is 0.892. The second-order valence-corrected chi connectivity index (χ2v) is 28.8. The number of fused-ring (bicyclic) bond motifs is 7. The number of ether oxygens (including phenoxy) is 10. The highest BCUT2D eigenvalue weighted by molar-refractivity contribution is 5.73. The lowest BCUT2D eigenvalue weighted by Crippen LogP contribution is -2.69. The molecule has 29 heteroatoms. The number of hydrogen-bond donors (Lipinski definition) is 18. The van der Waals surface area contributed by atoms with Gasteiger partial charge in [0.15, 0.2) is 37.6 Å². The average Bonchev–Trinajstić information content (AvgIpc) is 0.677. The van der Waals surface area contributed by atoms with Crippen LogP contribution in [-0.2, 0) is 52.2 Å². The second-order valence-electron chi connectivity index (χ2n) is 28.8. The van der Waals surface area contributed by atoms with Crippen molar-refractivity contribution in [3.05, 3.63) is 11.6 Å². The van der Waals surface area contributed by atoms with Gasteiger partial charge in [-0.2, -0.15) is 0 Å². The zero-order valence-corrected chi connectivity index (χ0v) is 50.6. The largest absolute Gasteiger partial charge is 0.479 e. The van der Waals surface area contributed by atoms with E-state index in [2.05, 4.69) is 33.8 Å². The smallest absolute Gasteiger partial charge is 0.335 e. The first kappa shape index (κ1) is 69.0. The molecule has 9 fully saturated rings. The fourth-order valence-electron chi connectivity index (χ4n) is 17.9. The van der Waals surface area contributed by atoms with Gasteiger partial charge in [0, 0.05) is 10.8 Å². The Morgan fingerprint density at radius 2 is 1.05 bits per heavy atom. The third-order valence-electron chi connectivity index (χ3n) is 23.6. The van der Waals surface area contributed by atoms with E-state index in [1.54, 1.807) is 0 Å². The Hall–Kier alpha value is -1.87. The zero-order chi connectivity index (χ0) is 64.4. The maximum absolute atomic E-state index is 12.6. The van der Waals surface area contributed by atoms with E-state index in [0.29, 0.717) is 44.9 Å². The van der Waals surface area contributed by atoms with Crippen molar-refractivity contribution in [2.75, 3.05) is 33.0 Å². The summed E-state index contributed by atoms with van der Waals surface area (Å²) in [6.07, 6.45) is -39.2. The molecule has 88 heavy (non-hydrogen) atoms. The molecule has 35 atom stereocenters. The summed E-state index contributed by atoms with van der Waals surface area (Å²) in [6.45, 7) is 11.5. The van der Waals surface area contributed by atoms with Gasteiger partial charge in [0.2, 0.25) is 0 Å². The Morgan fingerprint density at radius 1 is 0.523 bits per heavy atom. The van der Waals surface area contributed by atoms with Crippen LogP contribution in [0.5, 0.6) is 0 Å². The van der Waals surface area contributed by atoms with E-state index in [1.165, 1.54) is 5.57 Å². The van der Waals surface area contributed by atoms with Gasteiger partial charge in [-0.25, -0.2) is 4.79 Å². The van der Waals surface area contributed by atoms with E-state index >= 15 is 0 Å². The molecular formula is C59H96O29. The van der Waals surface area contributed by atoms with Crippen LogP contribution in [0.2, 0.25) is 0 Å². The van der Waals surface area contributed by atoms with E-state index < -0.39 is 225 Å². The zero-order valence-electron chi connectivity index (χ0n) is 50.6. The minimum Gasteiger partial charge on any atom is -0.479 e. The maximum atomic E-state index is 12.6. The monoisotopic (exact) mass is 1270 g/mol. The summed E-state index contributed by atoms with van der Waals surface area (Å²) in [6, 6.07) is 0. The van der Waals surface area contributed by atoms with Crippen LogP contribution in [0, 0.1) is 50.2 Å². The number of carboxylic acids is 1. The van der Waals surface area contributed by atoms with E-state index in [0.717, 1.165) is 0 Å². The quantitative estimate of drug-likeness (QED) is 0.0539. The number of carbonyl (C=O) groups is 1. The van der Waals surface area contributed by atoms with Crippen molar-refractivity contribution >= 4 is 5.97 Å². The first-order valence-electron chi connectivity index (χ1n) is 31.0. The molecule has 0 aromatic carbocycles. The van der Waals surface area contributed by atoms with E-state index in [9.17, 15) is 96.7 Å². The third-order valence-corrected chi connectivity index (χ3v) is 23.6. The lowest BCUT2D eigenvalue weighted by Gasteiger charge is -2.72. The first-order valence-corrected chi connectivity index (χ1v) is 31.0. The van der Waals surface area contributed by atoms with Crippen molar-refractivity contribution in [3.63, 3.8) is 0 Å². The molecule has 506 valence electrons. The number of allylic oxidation sites excluding steroid dienone is 2. The predicted molar refractivity (Wildman–Crippen MR) is 293 cm³/mol. The van der Waals surface area contributed by atoms with Crippen molar-refractivity contribution in [2.24, 2.45) is 50.2 Å². The molecule has 0 radical (unpaired) electrons. The summed E-state index contributed by atoms with van der Waals surface area (Å²) in [4.78, 5) is 12.6. The van der Waals surface area contributed by atoms with E-state index in [4.69, 9.17) is 47.4 Å². The van der Waals surface area contributed by atoms with Gasteiger partial charge >= 0.3 is 5.97 Å². The van der Waals surface area contributed by atoms with Crippen molar-refractivity contribution in [1.82, 2.24) is 0 Å². The Labute approximate surface area is 509 Å². The third kappa shape index (κ3) is 11.2. The molecule has 5 saturated heterocycles. The highest BCUT2D eigenvalue weighted by atomic mass is 16.8. The van der Waals surface area contributed by atoms with Crippen LogP contribution in [0.3, 0.4) is 0 Å². The number of aliphatic carboxylic acids is 1. The fourth-order valence-corrected chi connectivity index (χ4v) is 17.9. The van der Waals surface area contributed by atoms with Crippen molar-refractivity contribution in [1.29, 1.82) is 0 Å². The molecule has 5 aliphatic heterocycles.